The van der Waals surface area contributed by atoms with Crippen molar-refractivity contribution in [3.63, 3.8) is 0 Å². The molecule has 0 aromatic rings. The number of rotatable bonds is 5. The van der Waals surface area contributed by atoms with Crippen LogP contribution in [0.3, 0.4) is 0 Å². The zero-order chi connectivity index (χ0) is 14.7. The number of carbonyl (C=O) groups is 2. The summed E-state index contributed by atoms with van der Waals surface area (Å²) in [4.78, 5) is 25.7. The van der Waals surface area contributed by atoms with Crippen LogP contribution in [0.4, 0.5) is 4.79 Å². The Morgan fingerprint density at radius 1 is 1.50 bits per heavy atom. The molecular formula is C13H23N5O2. The van der Waals surface area contributed by atoms with E-state index < -0.39 is 0 Å². The minimum Gasteiger partial charge on any atom is -0.388 e. The third kappa shape index (κ3) is 2.77. The van der Waals surface area contributed by atoms with Gasteiger partial charge in [-0.05, 0) is 12.8 Å². The van der Waals surface area contributed by atoms with Crippen molar-refractivity contribution in [2.24, 2.45) is 17.6 Å². The lowest BCUT2D eigenvalue weighted by Gasteiger charge is -2.20. The lowest BCUT2D eigenvalue weighted by Crippen LogP contribution is -2.46. The molecule has 7 nitrogen and oxygen atoms in total. The second-order valence-corrected chi connectivity index (χ2v) is 5.53. The molecule has 2 aliphatic heterocycles. The minimum atomic E-state index is -0.306. The van der Waals surface area contributed by atoms with Crippen LogP contribution in [0.1, 0.15) is 25.7 Å². The number of hydrogen-bond donors (Lipinski definition) is 4. The molecule has 20 heavy (non-hydrogen) atoms. The number of carbonyl (C=O) groups excluding carboxylic acids is 2. The van der Waals surface area contributed by atoms with Crippen molar-refractivity contribution < 1.29 is 9.59 Å². The molecule has 0 radical (unpaired) electrons. The molecule has 0 unspecified atom stereocenters. The van der Waals surface area contributed by atoms with Gasteiger partial charge in [0.25, 0.3) is 0 Å². The molecule has 0 aromatic heterocycles. The largest absolute Gasteiger partial charge is 0.388 e. The first-order valence-corrected chi connectivity index (χ1v) is 7.14. The molecule has 2 saturated heterocycles. The van der Waals surface area contributed by atoms with Crippen molar-refractivity contribution in [3.8, 4) is 0 Å². The average Bonchev–Trinajstić information content (AvgIpc) is 2.95. The molecule has 0 aromatic carbocycles. The van der Waals surface area contributed by atoms with Gasteiger partial charge >= 0.3 is 6.03 Å². The van der Waals surface area contributed by atoms with Gasteiger partial charge in [0, 0.05) is 38.4 Å². The fraction of sp³-hybridized carbons (Fsp3) is 0.769. The molecular weight excluding hydrogens is 258 g/mol. The maximum absolute atomic E-state index is 12.4. The first kappa shape index (κ1) is 14.8. The van der Waals surface area contributed by atoms with Gasteiger partial charge in [0.05, 0.1) is 11.9 Å². The van der Waals surface area contributed by atoms with Gasteiger partial charge in [-0.1, -0.05) is 6.42 Å². The molecule has 2 aliphatic rings. The number of amides is 3. The summed E-state index contributed by atoms with van der Waals surface area (Å²) in [5.41, 5.74) is 5.32. The molecule has 5 N–H and O–H groups in total. The van der Waals surface area contributed by atoms with E-state index >= 15 is 0 Å². The number of fused-ring (bicyclic) bond motifs is 1. The van der Waals surface area contributed by atoms with E-state index in [2.05, 4.69) is 10.6 Å². The molecule has 2 heterocycles. The number of amidine groups is 1. The number of nitrogens with zero attached hydrogens (tertiary/aromatic N) is 1. The Morgan fingerprint density at radius 3 is 2.90 bits per heavy atom. The van der Waals surface area contributed by atoms with E-state index in [0.29, 0.717) is 13.0 Å². The fourth-order valence-corrected chi connectivity index (χ4v) is 3.29. The third-order valence-electron chi connectivity index (χ3n) is 4.27. The predicted octanol–water partition coefficient (Wildman–Crippen LogP) is -0.131. The maximum Gasteiger partial charge on any atom is 0.324 e. The predicted molar refractivity (Wildman–Crippen MR) is 75.3 cm³/mol. The van der Waals surface area contributed by atoms with Crippen LogP contribution in [0.15, 0.2) is 0 Å². The summed E-state index contributed by atoms with van der Waals surface area (Å²) < 4.78 is 0. The van der Waals surface area contributed by atoms with Crippen molar-refractivity contribution in [3.05, 3.63) is 0 Å². The van der Waals surface area contributed by atoms with Crippen LogP contribution in [0, 0.1) is 17.2 Å². The molecule has 0 saturated carbocycles. The van der Waals surface area contributed by atoms with E-state index in [4.69, 9.17) is 11.1 Å². The van der Waals surface area contributed by atoms with Gasteiger partial charge in [-0.3, -0.25) is 15.1 Å². The molecule has 0 bridgehead atoms. The van der Waals surface area contributed by atoms with Crippen LogP contribution in [0.5, 0.6) is 0 Å². The second kappa shape index (κ2) is 6.21. The van der Waals surface area contributed by atoms with E-state index in [1.807, 2.05) is 0 Å². The standard InChI is InChI=1S/C13H23N5O2/c1-16-13(20)18-10-7-17-6-9(10)8(12(18)19)4-2-3-5-11(14)15/h8-10,17H,2-7H2,1H3,(H3,14,15)(H,16,20)/t8-,9+,10-/m1/s1. The van der Waals surface area contributed by atoms with Crippen molar-refractivity contribution in [1.82, 2.24) is 15.5 Å². The van der Waals surface area contributed by atoms with Crippen molar-refractivity contribution in [1.29, 1.82) is 5.41 Å². The number of unbranched alkanes of at least 4 members (excludes halogenated alkanes) is 1. The van der Waals surface area contributed by atoms with E-state index in [-0.39, 0.29) is 35.7 Å². The Balaban J connectivity index is 1.96. The molecule has 2 fully saturated rings. The van der Waals surface area contributed by atoms with Crippen molar-refractivity contribution in [2.75, 3.05) is 20.1 Å². The molecule has 112 valence electrons. The quantitative estimate of drug-likeness (QED) is 0.319. The average molecular weight is 281 g/mol. The lowest BCUT2D eigenvalue weighted by molar-refractivity contribution is -0.129. The minimum absolute atomic E-state index is 0.0137. The normalized spacial score (nSPS) is 28.6. The highest BCUT2D eigenvalue weighted by atomic mass is 16.2. The maximum atomic E-state index is 12.4. The van der Waals surface area contributed by atoms with E-state index in [9.17, 15) is 9.59 Å². The zero-order valence-electron chi connectivity index (χ0n) is 11.8. The molecule has 0 spiro atoms. The Kier molecular flexibility index (Phi) is 4.59. The smallest absolute Gasteiger partial charge is 0.324 e. The van der Waals surface area contributed by atoms with Gasteiger partial charge in [-0.2, -0.15) is 0 Å². The SMILES string of the molecule is CNC(=O)N1C(=O)[C@H](CCCCC(=N)N)[C@@H]2CNC[C@H]21. The summed E-state index contributed by atoms with van der Waals surface area (Å²) in [7, 11) is 1.55. The summed E-state index contributed by atoms with van der Waals surface area (Å²) >= 11 is 0. The molecule has 0 aliphatic carbocycles. The number of urea groups is 1. The number of nitrogens with one attached hydrogen (secondary N) is 3. The van der Waals surface area contributed by atoms with Crippen LogP contribution >= 0.6 is 0 Å². The van der Waals surface area contributed by atoms with Crippen molar-refractivity contribution in [2.45, 2.75) is 31.7 Å². The second-order valence-electron chi connectivity index (χ2n) is 5.53. The van der Waals surface area contributed by atoms with Gasteiger partial charge in [0.15, 0.2) is 0 Å². The molecule has 7 heteroatoms. The van der Waals surface area contributed by atoms with Crippen LogP contribution in [0.25, 0.3) is 0 Å². The highest BCUT2D eigenvalue weighted by Gasteiger charge is 2.51. The highest BCUT2D eigenvalue weighted by molar-refractivity contribution is 5.98. The lowest BCUT2D eigenvalue weighted by atomic mass is 9.88. The molecule has 2 rings (SSSR count). The van der Waals surface area contributed by atoms with Crippen LogP contribution in [-0.4, -0.2) is 48.9 Å². The zero-order valence-corrected chi connectivity index (χ0v) is 11.8. The summed E-state index contributed by atoms with van der Waals surface area (Å²) in [5.74, 6) is 0.273. The Labute approximate surface area is 118 Å². The Hall–Kier alpha value is -1.63. The van der Waals surface area contributed by atoms with Gasteiger partial charge in [-0.15, -0.1) is 0 Å². The third-order valence-corrected chi connectivity index (χ3v) is 4.27. The number of nitrogens with two attached hydrogens (primary N) is 1. The van der Waals surface area contributed by atoms with Crippen LogP contribution < -0.4 is 16.4 Å². The Bertz CT molecular complexity index is 412. The monoisotopic (exact) mass is 281 g/mol. The summed E-state index contributed by atoms with van der Waals surface area (Å²) in [6.07, 6.45) is 3.03. The molecule has 3 amide bonds. The first-order chi connectivity index (χ1) is 9.56. The number of imide groups is 1. The van der Waals surface area contributed by atoms with E-state index in [0.717, 1.165) is 25.8 Å². The Morgan fingerprint density at radius 2 is 2.25 bits per heavy atom. The van der Waals surface area contributed by atoms with E-state index in [1.54, 1.807) is 7.05 Å². The highest BCUT2D eigenvalue weighted by Crippen LogP contribution is 2.36. The summed E-state index contributed by atoms with van der Waals surface area (Å²) in [5, 5.41) is 13.0. The van der Waals surface area contributed by atoms with Gasteiger partial charge in [0.2, 0.25) is 5.91 Å². The molecule has 3 atom stereocenters. The van der Waals surface area contributed by atoms with Crippen molar-refractivity contribution >= 4 is 17.8 Å². The van der Waals surface area contributed by atoms with Gasteiger partial charge in [-0.25, -0.2) is 4.79 Å². The number of likely N-dealkylation sites (tertiary alicyclic amines) is 1. The summed E-state index contributed by atoms with van der Waals surface area (Å²) in [6.45, 7) is 1.48. The number of hydrogen-bond acceptors (Lipinski definition) is 4. The van der Waals surface area contributed by atoms with Crippen LogP contribution in [0.2, 0.25) is 0 Å². The van der Waals surface area contributed by atoms with Crippen LogP contribution in [-0.2, 0) is 4.79 Å². The first-order valence-electron chi connectivity index (χ1n) is 7.14. The van der Waals surface area contributed by atoms with Gasteiger partial charge < -0.3 is 16.4 Å². The topological polar surface area (TPSA) is 111 Å². The summed E-state index contributed by atoms with van der Waals surface area (Å²) in [6, 6.07) is -0.319. The fourth-order valence-electron chi connectivity index (χ4n) is 3.29. The van der Waals surface area contributed by atoms with E-state index in [1.165, 1.54) is 4.90 Å². The van der Waals surface area contributed by atoms with Gasteiger partial charge in [0.1, 0.15) is 0 Å².